The zero-order chi connectivity index (χ0) is 16.5. The molecule has 4 rings (SSSR count). The van der Waals surface area contributed by atoms with Crippen molar-refractivity contribution in [2.75, 3.05) is 18.4 Å². The number of carbonyl (C=O) groups is 1. The van der Waals surface area contributed by atoms with E-state index < -0.39 is 0 Å². The van der Waals surface area contributed by atoms with Gasteiger partial charge in [0.1, 0.15) is 0 Å². The van der Waals surface area contributed by atoms with Crippen LogP contribution in [0.15, 0.2) is 30.5 Å². The molecule has 1 amide bonds. The lowest BCUT2D eigenvalue weighted by Crippen LogP contribution is -2.34. The Morgan fingerprint density at radius 1 is 1.25 bits per heavy atom. The minimum atomic E-state index is 0.330. The quantitative estimate of drug-likeness (QED) is 0.909. The number of aromatic nitrogens is 1. The highest BCUT2D eigenvalue weighted by atomic mass is 35.5. The van der Waals surface area contributed by atoms with E-state index >= 15 is 0 Å². The van der Waals surface area contributed by atoms with Gasteiger partial charge in [0.15, 0.2) is 0 Å². The number of nitrogens with one attached hydrogen (secondary N) is 1. The molecule has 1 aliphatic heterocycles. The Morgan fingerprint density at radius 3 is 2.92 bits per heavy atom. The predicted octanol–water partition coefficient (Wildman–Crippen LogP) is 4.09. The molecule has 24 heavy (non-hydrogen) atoms. The Labute approximate surface area is 147 Å². The minimum absolute atomic E-state index is 0.330. The van der Waals surface area contributed by atoms with E-state index in [2.05, 4.69) is 15.2 Å². The Balaban J connectivity index is 1.44. The summed E-state index contributed by atoms with van der Waals surface area (Å²) >= 11 is 6.12. The van der Waals surface area contributed by atoms with Crippen molar-refractivity contribution in [3.05, 3.63) is 35.5 Å². The summed E-state index contributed by atoms with van der Waals surface area (Å²) in [5.74, 6) is 0.705. The molecule has 1 saturated heterocycles. The first-order valence-electron chi connectivity index (χ1n) is 8.78. The molecular formula is C19H22ClN3O. The summed E-state index contributed by atoms with van der Waals surface area (Å²) in [4.78, 5) is 18.8. The summed E-state index contributed by atoms with van der Waals surface area (Å²) in [7, 11) is 0. The third-order valence-electron chi connectivity index (χ3n) is 5.29. The zero-order valence-corrected chi connectivity index (χ0v) is 14.4. The van der Waals surface area contributed by atoms with Crippen LogP contribution >= 0.6 is 11.6 Å². The van der Waals surface area contributed by atoms with Crippen LogP contribution in [0.5, 0.6) is 0 Å². The third-order valence-corrected chi connectivity index (χ3v) is 5.52. The summed E-state index contributed by atoms with van der Waals surface area (Å²) in [5.41, 5.74) is 1.97. The lowest BCUT2D eigenvalue weighted by Gasteiger charge is -2.24. The minimum Gasteiger partial charge on any atom is -0.384 e. The van der Waals surface area contributed by atoms with Gasteiger partial charge in [-0.05, 0) is 37.1 Å². The summed E-state index contributed by atoms with van der Waals surface area (Å²) in [5, 5.41) is 5.25. The summed E-state index contributed by atoms with van der Waals surface area (Å²) in [6.07, 6.45) is 7.36. The number of anilines is 1. The number of carbonyl (C=O) groups excluding carboxylic acids is 1. The fourth-order valence-electron chi connectivity index (χ4n) is 4.04. The highest BCUT2D eigenvalue weighted by Crippen LogP contribution is 2.30. The van der Waals surface area contributed by atoms with Crippen LogP contribution in [0, 0.1) is 5.92 Å². The van der Waals surface area contributed by atoms with E-state index in [0.29, 0.717) is 29.3 Å². The van der Waals surface area contributed by atoms with Gasteiger partial charge in [-0.1, -0.05) is 24.4 Å². The van der Waals surface area contributed by atoms with E-state index in [1.165, 1.54) is 25.7 Å². The average Bonchev–Trinajstić information content (AvgIpc) is 3.22. The maximum Gasteiger partial charge on any atom is 0.223 e. The second-order valence-electron chi connectivity index (χ2n) is 6.96. The van der Waals surface area contributed by atoms with Crippen LogP contribution in [0.25, 0.3) is 10.9 Å². The van der Waals surface area contributed by atoms with Gasteiger partial charge in [0.25, 0.3) is 0 Å². The molecule has 1 N–H and O–H groups in total. The molecule has 1 aromatic heterocycles. The van der Waals surface area contributed by atoms with E-state index in [9.17, 15) is 4.79 Å². The Bertz CT molecular complexity index is 757. The zero-order valence-electron chi connectivity index (χ0n) is 13.7. The lowest BCUT2D eigenvalue weighted by molar-refractivity contribution is -0.129. The molecule has 4 nitrogen and oxygen atoms in total. The van der Waals surface area contributed by atoms with E-state index in [1.807, 2.05) is 30.5 Å². The van der Waals surface area contributed by atoms with Gasteiger partial charge in [-0.3, -0.25) is 9.78 Å². The molecule has 1 atom stereocenters. The van der Waals surface area contributed by atoms with Gasteiger partial charge in [0.2, 0.25) is 5.91 Å². The Kier molecular flexibility index (Phi) is 4.31. The number of rotatable bonds is 4. The normalized spacial score (nSPS) is 21.8. The average molecular weight is 344 g/mol. The molecule has 1 aromatic carbocycles. The van der Waals surface area contributed by atoms with Crippen LogP contribution < -0.4 is 5.32 Å². The first-order valence-corrected chi connectivity index (χ1v) is 9.16. The van der Waals surface area contributed by atoms with Crippen molar-refractivity contribution in [3.63, 3.8) is 0 Å². The van der Waals surface area contributed by atoms with E-state index in [1.54, 1.807) is 0 Å². The third kappa shape index (κ3) is 3.07. The van der Waals surface area contributed by atoms with Crippen LogP contribution in [0.3, 0.4) is 0 Å². The fraction of sp³-hybridized carbons (Fsp3) is 0.474. The topological polar surface area (TPSA) is 45.2 Å². The van der Waals surface area contributed by atoms with Gasteiger partial charge in [0, 0.05) is 53.8 Å². The largest absolute Gasteiger partial charge is 0.384 e. The number of pyridine rings is 1. The number of benzene rings is 1. The molecule has 2 heterocycles. The fourth-order valence-corrected chi connectivity index (χ4v) is 4.21. The van der Waals surface area contributed by atoms with E-state index in [4.69, 9.17) is 11.6 Å². The number of hydrogen-bond acceptors (Lipinski definition) is 3. The van der Waals surface area contributed by atoms with Gasteiger partial charge in [-0.15, -0.1) is 0 Å². The highest BCUT2D eigenvalue weighted by molar-refractivity contribution is 6.31. The highest BCUT2D eigenvalue weighted by Gasteiger charge is 2.35. The molecule has 2 fully saturated rings. The van der Waals surface area contributed by atoms with Gasteiger partial charge in [-0.25, -0.2) is 0 Å². The maximum absolute atomic E-state index is 12.3. The van der Waals surface area contributed by atoms with Gasteiger partial charge in [0.05, 0.1) is 5.52 Å². The number of nitrogens with zero attached hydrogens (tertiary/aromatic N) is 2. The van der Waals surface area contributed by atoms with Crippen molar-refractivity contribution in [2.24, 2.45) is 5.92 Å². The SMILES string of the molecule is O=C1CC(CNc2ccnc3ccc(Cl)cc23)CN1C1CCCC1. The predicted molar refractivity (Wildman–Crippen MR) is 97.3 cm³/mol. The molecule has 0 bridgehead atoms. The van der Waals surface area contributed by atoms with Crippen molar-refractivity contribution in [2.45, 2.75) is 38.1 Å². The molecule has 1 unspecified atom stereocenters. The van der Waals surface area contributed by atoms with Crippen molar-refractivity contribution in [1.29, 1.82) is 0 Å². The number of likely N-dealkylation sites (tertiary alicyclic amines) is 1. The van der Waals surface area contributed by atoms with Gasteiger partial charge >= 0.3 is 0 Å². The summed E-state index contributed by atoms with van der Waals surface area (Å²) in [6.45, 7) is 1.70. The lowest BCUT2D eigenvalue weighted by atomic mass is 10.1. The Morgan fingerprint density at radius 2 is 2.08 bits per heavy atom. The number of hydrogen-bond donors (Lipinski definition) is 1. The van der Waals surface area contributed by atoms with Crippen LogP contribution in [-0.2, 0) is 4.79 Å². The molecule has 126 valence electrons. The monoisotopic (exact) mass is 343 g/mol. The summed E-state index contributed by atoms with van der Waals surface area (Å²) in [6, 6.07) is 8.20. The van der Waals surface area contributed by atoms with Crippen molar-refractivity contribution in [1.82, 2.24) is 9.88 Å². The van der Waals surface area contributed by atoms with Gasteiger partial charge in [-0.2, -0.15) is 0 Å². The van der Waals surface area contributed by atoms with Crippen molar-refractivity contribution < 1.29 is 4.79 Å². The molecule has 0 spiro atoms. The molecular weight excluding hydrogens is 322 g/mol. The van der Waals surface area contributed by atoms with E-state index in [-0.39, 0.29) is 0 Å². The second kappa shape index (κ2) is 6.60. The number of fused-ring (bicyclic) bond motifs is 1. The van der Waals surface area contributed by atoms with Crippen molar-refractivity contribution in [3.8, 4) is 0 Å². The summed E-state index contributed by atoms with van der Waals surface area (Å²) < 4.78 is 0. The molecule has 0 radical (unpaired) electrons. The first kappa shape index (κ1) is 15.7. The standard InChI is InChI=1S/C19H22ClN3O/c20-14-5-6-17-16(10-14)18(7-8-21-17)22-11-13-9-19(24)23(12-13)15-3-1-2-4-15/h5-8,10,13,15H,1-4,9,11-12H2,(H,21,22). The molecule has 2 aromatic rings. The smallest absolute Gasteiger partial charge is 0.223 e. The van der Waals surface area contributed by atoms with E-state index in [0.717, 1.165) is 29.7 Å². The van der Waals surface area contributed by atoms with Gasteiger partial charge < -0.3 is 10.2 Å². The van der Waals surface area contributed by atoms with Crippen molar-refractivity contribution >= 4 is 34.1 Å². The first-order chi connectivity index (χ1) is 11.7. The van der Waals surface area contributed by atoms with Crippen LogP contribution in [0.4, 0.5) is 5.69 Å². The number of amides is 1. The van der Waals surface area contributed by atoms with Crippen LogP contribution in [-0.4, -0.2) is 34.9 Å². The molecule has 2 aliphatic rings. The maximum atomic E-state index is 12.3. The molecule has 5 heteroatoms. The van der Waals surface area contributed by atoms with Crippen LogP contribution in [0.1, 0.15) is 32.1 Å². The molecule has 1 saturated carbocycles. The number of halogens is 1. The second-order valence-corrected chi connectivity index (χ2v) is 7.39. The Hall–Kier alpha value is -1.81. The molecule has 1 aliphatic carbocycles. The van der Waals surface area contributed by atoms with Crippen LogP contribution in [0.2, 0.25) is 5.02 Å².